The summed E-state index contributed by atoms with van der Waals surface area (Å²) in [5.74, 6) is -6.11. The average molecular weight is 496 g/mol. The van der Waals surface area contributed by atoms with Crippen LogP contribution >= 0.6 is 0 Å². The Balaban J connectivity index is 1.53. The van der Waals surface area contributed by atoms with Crippen molar-refractivity contribution in [2.24, 2.45) is 17.8 Å². The highest BCUT2D eigenvalue weighted by molar-refractivity contribution is 5.75. The molecule has 2 aliphatic rings. The van der Waals surface area contributed by atoms with Crippen LogP contribution in [0.25, 0.3) is 0 Å². The normalized spacial score (nSPS) is 25.5. The first-order chi connectivity index (χ1) is 16.1. The molecule has 3 rings (SSSR count). The van der Waals surface area contributed by atoms with Crippen LogP contribution in [0.2, 0.25) is 0 Å². The third-order valence-corrected chi connectivity index (χ3v) is 5.88. The highest BCUT2D eigenvalue weighted by Crippen LogP contribution is 2.36. The molecule has 0 N–H and O–H groups in total. The summed E-state index contributed by atoms with van der Waals surface area (Å²) in [6.45, 7) is 3.38. The summed E-state index contributed by atoms with van der Waals surface area (Å²) >= 11 is 0. The molecule has 0 aromatic heterocycles. The van der Waals surface area contributed by atoms with Crippen LogP contribution in [0, 0.1) is 29.4 Å². The van der Waals surface area contributed by atoms with Gasteiger partial charge in [-0.3, -0.25) is 4.79 Å². The number of hydrogen-bond donors (Lipinski definition) is 0. The van der Waals surface area contributed by atoms with Gasteiger partial charge in [-0.05, 0) is 32.1 Å². The highest BCUT2D eigenvalue weighted by atomic mass is 19.3. The molecule has 0 amide bonds. The number of benzene rings is 1. The summed E-state index contributed by atoms with van der Waals surface area (Å²) < 4.78 is 99.2. The Bertz CT molecular complexity index is 850. The van der Waals surface area contributed by atoms with Gasteiger partial charge in [-0.1, -0.05) is 13.3 Å². The summed E-state index contributed by atoms with van der Waals surface area (Å²) in [5.41, 5.74) is 0. The molecular formula is C23H26F6O5. The molecule has 190 valence electrons. The molecule has 1 aromatic rings. The van der Waals surface area contributed by atoms with Gasteiger partial charge in [0.25, 0.3) is 6.08 Å². The van der Waals surface area contributed by atoms with Crippen LogP contribution < -0.4 is 9.47 Å². The van der Waals surface area contributed by atoms with E-state index in [4.69, 9.17) is 14.2 Å². The van der Waals surface area contributed by atoms with Crippen molar-refractivity contribution in [2.45, 2.75) is 57.8 Å². The lowest BCUT2D eigenvalue weighted by atomic mass is 9.81. The highest BCUT2D eigenvalue weighted by Gasteiger charge is 2.36. The average Bonchev–Trinajstić information content (AvgIpc) is 2.76. The summed E-state index contributed by atoms with van der Waals surface area (Å²) in [5, 5.41) is 0. The fourth-order valence-electron chi connectivity index (χ4n) is 4.22. The van der Waals surface area contributed by atoms with Crippen molar-refractivity contribution in [3.63, 3.8) is 0 Å². The maximum absolute atomic E-state index is 14.1. The molecule has 11 heteroatoms. The Kier molecular flexibility index (Phi) is 8.86. The Labute approximate surface area is 193 Å². The fourth-order valence-corrected chi connectivity index (χ4v) is 4.22. The summed E-state index contributed by atoms with van der Waals surface area (Å²) in [6.07, 6.45) is -4.32. The van der Waals surface area contributed by atoms with E-state index in [2.05, 4.69) is 11.7 Å². The number of carbonyl (C=O) groups excluding carboxylic acids is 1. The minimum Gasteiger partial charge on any atom is -0.426 e. The smallest absolute Gasteiger partial charge is 0.425 e. The fraction of sp³-hybridized carbons (Fsp3) is 0.609. The molecule has 2 fully saturated rings. The van der Waals surface area contributed by atoms with Crippen molar-refractivity contribution in [3.8, 4) is 11.5 Å². The van der Waals surface area contributed by atoms with E-state index in [9.17, 15) is 31.1 Å². The van der Waals surface area contributed by atoms with Crippen molar-refractivity contribution in [1.29, 1.82) is 0 Å². The summed E-state index contributed by atoms with van der Waals surface area (Å²) in [4.78, 5) is 12.5. The van der Waals surface area contributed by atoms with E-state index in [1.165, 1.54) is 0 Å². The lowest BCUT2D eigenvalue weighted by Gasteiger charge is -2.37. The Hall–Kier alpha value is -2.27. The molecule has 1 saturated heterocycles. The third kappa shape index (κ3) is 7.11. The van der Waals surface area contributed by atoms with Gasteiger partial charge in [-0.25, -0.2) is 8.78 Å². The Morgan fingerprint density at radius 2 is 1.68 bits per heavy atom. The van der Waals surface area contributed by atoms with Crippen LogP contribution in [0.4, 0.5) is 26.3 Å². The molecule has 1 aliphatic carbocycles. The lowest BCUT2D eigenvalue weighted by molar-refractivity contribution is -0.230. The number of alkyl halides is 2. The zero-order chi connectivity index (χ0) is 24.9. The minimum atomic E-state index is -4.64. The predicted molar refractivity (Wildman–Crippen MR) is 107 cm³/mol. The van der Waals surface area contributed by atoms with E-state index < -0.39 is 53.3 Å². The van der Waals surface area contributed by atoms with E-state index in [1.807, 2.05) is 0 Å². The molecule has 5 nitrogen and oxygen atoms in total. The Morgan fingerprint density at radius 3 is 2.21 bits per heavy atom. The maximum Gasteiger partial charge on any atom is 0.425 e. The molecular weight excluding hydrogens is 470 g/mol. The standard InChI is InChI=1S/C23H26F6O5/c1-2-3-13-11-31-22(32-12-13)15-6-4-14(5-7-15)21(30)33-16-8-17(24)20(18(25)9-16)34-23(28,29)10-19(26)27/h8-10,13-15,22H,2-7,11-12H2,1H3. The summed E-state index contributed by atoms with van der Waals surface area (Å²) in [7, 11) is 0. The van der Waals surface area contributed by atoms with Crippen molar-refractivity contribution in [2.75, 3.05) is 13.2 Å². The van der Waals surface area contributed by atoms with Gasteiger partial charge in [0, 0.05) is 24.0 Å². The van der Waals surface area contributed by atoms with E-state index in [1.54, 1.807) is 0 Å². The Morgan fingerprint density at radius 1 is 1.09 bits per heavy atom. The van der Waals surface area contributed by atoms with Gasteiger partial charge >= 0.3 is 12.1 Å². The summed E-state index contributed by atoms with van der Waals surface area (Å²) in [6, 6.07) is 0.952. The number of carbonyl (C=O) groups is 1. The largest absolute Gasteiger partial charge is 0.426 e. The van der Waals surface area contributed by atoms with E-state index >= 15 is 0 Å². The molecule has 0 radical (unpaired) electrons. The van der Waals surface area contributed by atoms with Gasteiger partial charge in [0.05, 0.1) is 25.2 Å². The van der Waals surface area contributed by atoms with E-state index in [0.717, 1.165) is 12.8 Å². The molecule has 1 aliphatic heterocycles. The molecule has 1 heterocycles. The van der Waals surface area contributed by atoms with Crippen LogP contribution in [-0.2, 0) is 14.3 Å². The van der Waals surface area contributed by atoms with Gasteiger partial charge in [-0.15, -0.1) is 0 Å². The topological polar surface area (TPSA) is 54.0 Å². The zero-order valence-corrected chi connectivity index (χ0v) is 18.5. The van der Waals surface area contributed by atoms with Gasteiger partial charge < -0.3 is 18.9 Å². The quantitative estimate of drug-likeness (QED) is 0.243. The van der Waals surface area contributed by atoms with Gasteiger partial charge in [0.1, 0.15) is 5.75 Å². The van der Waals surface area contributed by atoms with Crippen LogP contribution in [-0.4, -0.2) is 31.6 Å². The predicted octanol–water partition coefficient (Wildman–Crippen LogP) is 6.22. The second-order valence-electron chi connectivity index (χ2n) is 8.54. The SMILES string of the molecule is CCCC1COC(C2CCC(C(=O)Oc3cc(F)c(OC(F)(F)C=C(F)F)c(F)c3)CC2)OC1. The molecule has 0 spiro atoms. The number of halogens is 6. The third-order valence-electron chi connectivity index (χ3n) is 5.88. The monoisotopic (exact) mass is 496 g/mol. The van der Waals surface area contributed by atoms with E-state index in [-0.39, 0.29) is 12.2 Å². The lowest BCUT2D eigenvalue weighted by Crippen LogP contribution is -2.39. The minimum absolute atomic E-state index is 0.128. The molecule has 1 aromatic carbocycles. The first-order valence-corrected chi connectivity index (χ1v) is 11.1. The first kappa shape index (κ1) is 26.3. The van der Waals surface area contributed by atoms with Crippen molar-refractivity contribution < 1.29 is 50.1 Å². The first-order valence-electron chi connectivity index (χ1n) is 11.1. The van der Waals surface area contributed by atoms with E-state index in [0.29, 0.717) is 56.9 Å². The van der Waals surface area contributed by atoms with Crippen molar-refractivity contribution in [1.82, 2.24) is 0 Å². The van der Waals surface area contributed by atoms with Gasteiger partial charge in [0.2, 0.25) is 0 Å². The number of ether oxygens (including phenoxy) is 4. The second-order valence-corrected chi connectivity index (χ2v) is 8.54. The zero-order valence-electron chi connectivity index (χ0n) is 18.5. The number of hydrogen-bond acceptors (Lipinski definition) is 5. The molecule has 34 heavy (non-hydrogen) atoms. The number of esters is 1. The van der Waals surface area contributed by atoms with Crippen LogP contribution in [0.5, 0.6) is 11.5 Å². The van der Waals surface area contributed by atoms with Crippen molar-refractivity contribution in [3.05, 3.63) is 35.9 Å². The number of rotatable bonds is 8. The second kappa shape index (κ2) is 11.4. The van der Waals surface area contributed by atoms with Crippen molar-refractivity contribution >= 4 is 5.97 Å². The van der Waals surface area contributed by atoms with Gasteiger partial charge in [0.15, 0.2) is 23.7 Å². The van der Waals surface area contributed by atoms with Crippen LogP contribution in [0.15, 0.2) is 24.3 Å². The molecule has 0 atom stereocenters. The molecule has 1 saturated carbocycles. The van der Waals surface area contributed by atoms with Gasteiger partial charge in [-0.2, -0.15) is 17.6 Å². The van der Waals surface area contributed by atoms with Crippen LogP contribution in [0.1, 0.15) is 45.4 Å². The van der Waals surface area contributed by atoms with Crippen LogP contribution in [0.3, 0.4) is 0 Å². The molecule has 0 bridgehead atoms. The maximum atomic E-state index is 14.1. The molecule has 0 unspecified atom stereocenters.